The fraction of sp³-hybridized carbons (Fsp3) is 0.163. The van der Waals surface area contributed by atoms with Crippen LogP contribution in [0.4, 0.5) is 0 Å². The van der Waals surface area contributed by atoms with Gasteiger partial charge in [-0.15, -0.1) is 0 Å². The molecular weight excluding hydrogens is 874 g/mol. The number of hydrogen-bond donors (Lipinski definition) is 3. The van der Waals surface area contributed by atoms with Crippen molar-refractivity contribution in [2.24, 2.45) is 0 Å². The van der Waals surface area contributed by atoms with E-state index < -0.39 is 19.1 Å². The Hall–Kier alpha value is -6.37. The van der Waals surface area contributed by atoms with E-state index in [9.17, 15) is 9.59 Å². The number of fused-ring (bicyclic) bond motifs is 2. The van der Waals surface area contributed by atoms with Crippen LogP contribution < -0.4 is 33.9 Å². The number of halogens is 1. The first-order valence-electron chi connectivity index (χ1n) is 17.7. The van der Waals surface area contributed by atoms with Crippen molar-refractivity contribution in [2.75, 3.05) is 20.2 Å². The Morgan fingerprint density at radius 3 is 1.75 bits per heavy atom. The summed E-state index contributed by atoms with van der Waals surface area (Å²) in [7, 11) is -1.46. The number of carboxylic acids is 1. The van der Waals surface area contributed by atoms with Gasteiger partial charge in [0.05, 0.1) is 18.0 Å². The zero-order chi connectivity index (χ0) is 40.9. The summed E-state index contributed by atoms with van der Waals surface area (Å²) in [6.45, 7) is 3.06. The third-order valence-corrected chi connectivity index (χ3v) is 8.88. The van der Waals surface area contributed by atoms with Gasteiger partial charge in [0, 0.05) is 3.57 Å². The van der Waals surface area contributed by atoms with Gasteiger partial charge in [-0.2, -0.15) is 0 Å². The number of carboxylic acid groups (broad SMARTS) is 1. The number of carbonyl (C=O) groups is 2. The molecule has 0 aliphatic carbocycles. The van der Waals surface area contributed by atoms with Gasteiger partial charge in [0.25, 0.3) is 0 Å². The van der Waals surface area contributed by atoms with E-state index in [4.69, 9.17) is 48.3 Å². The van der Waals surface area contributed by atoms with Crippen molar-refractivity contribution in [3.63, 3.8) is 0 Å². The van der Waals surface area contributed by atoms with Crippen molar-refractivity contribution in [3.8, 4) is 45.6 Å². The standard InChI is InChI=1S/C20H15NO5.C15H14INO3.C7H7BO4.CH4/c22-20(23)17-3-1-2-15(21-17)11-24-16-7-4-13(5-8-16)14-6-9-18-19(10-14)26-12-25-18;1-2-19-15(18)14-5-3-4-12(17-14)10-20-13-8-6-11(16)7-9-13;9-8(10)5-1-2-6-7(3-5)12-4-11-6;/h1-10H,11-12H2,(H,22,23);3-9H,2,10H2,1H3;1-3,9-10H,4H2;1H4. The van der Waals surface area contributed by atoms with Crippen molar-refractivity contribution in [1.29, 1.82) is 0 Å². The average molecular weight is 915 g/mol. The number of aromatic nitrogens is 2. The molecule has 59 heavy (non-hydrogen) atoms. The SMILES string of the molecule is C.CCOC(=O)c1cccc(COc2ccc(I)cc2)n1.O=C(O)c1cccc(COc2ccc(-c3ccc4c(c3)OCO4)cc2)n1.OB(O)c1ccc2c(c1)OCO2. The van der Waals surface area contributed by atoms with Crippen LogP contribution in [-0.2, 0) is 18.0 Å². The van der Waals surface area contributed by atoms with Crippen LogP contribution in [0.25, 0.3) is 11.1 Å². The molecule has 4 heterocycles. The van der Waals surface area contributed by atoms with Crippen molar-refractivity contribution in [3.05, 3.63) is 148 Å². The Morgan fingerprint density at radius 2 is 1.17 bits per heavy atom. The minimum atomic E-state index is -1.46. The van der Waals surface area contributed by atoms with E-state index in [1.807, 2.05) is 72.8 Å². The lowest BCUT2D eigenvalue weighted by Crippen LogP contribution is -2.29. The molecule has 0 radical (unpaired) electrons. The van der Waals surface area contributed by atoms with E-state index >= 15 is 0 Å². The molecule has 0 saturated carbocycles. The van der Waals surface area contributed by atoms with Gasteiger partial charge < -0.3 is 48.3 Å². The Labute approximate surface area is 354 Å². The number of nitrogens with zero attached hydrogens (tertiary/aromatic N) is 2. The van der Waals surface area contributed by atoms with Crippen LogP contribution in [0.2, 0.25) is 0 Å². The molecule has 304 valence electrons. The van der Waals surface area contributed by atoms with Crippen LogP contribution >= 0.6 is 22.6 Å². The van der Waals surface area contributed by atoms with Crippen LogP contribution in [0.5, 0.6) is 34.5 Å². The normalized spacial score (nSPS) is 11.4. The molecule has 4 aromatic carbocycles. The summed E-state index contributed by atoms with van der Waals surface area (Å²) in [6.07, 6.45) is 0. The number of pyridine rings is 2. The Bertz CT molecular complexity index is 2330. The maximum atomic E-state index is 11.6. The number of aromatic carboxylic acids is 1. The summed E-state index contributed by atoms with van der Waals surface area (Å²) in [6, 6.07) is 36.0. The molecule has 14 nitrogen and oxygen atoms in total. The predicted octanol–water partition coefficient (Wildman–Crippen LogP) is 6.93. The molecular formula is C43H40BIN2O12. The van der Waals surface area contributed by atoms with E-state index in [2.05, 4.69) is 32.6 Å². The topological polar surface area (TPSA) is 185 Å². The second kappa shape index (κ2) is 21.4. The highest BCUT2D eigenvalue weighted by Gasteiger charge is 2.18. The zero-order valence-corrected chi connectivity index (χ0v) is 33.1. The summed E-state index contributed by atoms with van der Waals surface area (Å²) in [5.74, 6) is 2.67. The van der Waals surface area contributed by atoms with Crippen LogP contribution in [-0.4, -0.2) is 64.4 Å². The van der Waals surface area contributed by atoms with Crippen molar-refractivity contribution in [1.82, 2.24) is 9.97 Å². The maximum Gasteiger partial charge on any atom is 0.488 e. The predicted molar refractivity (Wildman–Crippen MR) is 226 cm³/mol. The highest BCUT2D eigenvalue weighted by molar-refractivity contribution is 14.1. The third-order valence-electron chi connectivity index (χ3n) is 8.16. The molecule has 2 aliphatic rings. The summed E-state index contributed by atoms with van der Waals surface area (Å²) < 4.78 is 38.2. The summed E-state index contributed by atoms with van der Waals surface area (Å²) in [5, 5.41) is 26.6. The molecule has 0 unspecified atom stereocenters. The van der Waals surface area contributed by atoms with E-state index in [1.165, 1.54) is 6.07 Å². The summed E-state index contributed by atoms with van der Waals surface area (Å²) in [4.78, 5) is 30.8. The minimum absolute atomic E-state index is 0. The highest BCUT2D eigenvalue weighted by Crippen LogP contribution is 2.36. The lowest BCUT2D eigenvalue weighted by molar-refractivity contribution is 0.0518. The number of esters is 1. The molecule has 6 aromatic rings. The number of carbonyl (C=O) groups excluding carboxylic acids is 1. The smallest absolute Gasteiger partial charge is 0.487 e. The Morgan fingerprint density at radius 1 is 0.661 bits per heavy atom. The molecule has 3 N–H and O–H groups in total. The first kappa shape index (κ1) is 43.8. The van der Waals surface area contributed by atoms with Gasteiger partial charge in [-0.3, -0.25) is 0 Å². The second-order valence-corrected chi connectivity index (χ2v) is 13.4. The van der Waals surface area contributed by atoms with Crippen LogP contribution in [0.1, 0.15) is 46.7 Å². The van der Waals surface area contributed by atoms with Gasteiger partial charge in [-0.25, -0.2) is 19.6 Å². The molecule has 0 atom stereocenters. The van der Waals surface area contributed by atoms with E-state index in [1.54, 1.807) is 49.4 Å². The van der Waals surface area contributed by atoms with Crippen molar-refractivity contribution < 1.29 is 57.9 Å². The fourth-order valence-electron chi connectivity index (χ4n) is 5.30. The molecule has 0 bridgehead atoms. The van der Waals surface area contributed by atoms with Gasteiger partial charge in [0.15, 0.2) is 23.0 Å². The number of ether oxygens (including phenoxy) is 7. The lowest BCUT2D eigenvalue weighted by Gasteiger charge is -2.08. The van der Waals surface area contributed by atoms with Gasteiger partial charge in [0.1, 0.15) is 36.1 Å². The number of benzene rings is 4. The molecule has 0 amide bonds. The van der Waals surface area contributed by atoms with E-state index in [-0.39, 0.29) is 33.3 Å². The third kappa shape index (κ3) is 12.6. The minimum Gasteiger partial charge on any atom is -0.487 e. The van der Waals surface area contributed by atoms with Gasteiger partial charge in [-0.1, -0.05) is 43.8 Å². The first-order valence-corrected chi connectivity index (χ1v) is 18.8. The number of hydrogen-bond acceptors (Lipinski definition) is 13. The quantitative estimate of drug-likeness (QED) is 0.0691. The van der Waals surface area contributed by atoms with Crippen LogP contribution in [0.3, 0.4) is 0 Å². The second-order valence-electron chi connectivity index (χ2n) is 12.2. The van der Waals surface area contributed by atoms with Crippen LogP contribution in [0.15, 0.2) is 121 Å². The van der Waals surface area contributed by atoms with Gasteiger partial charge in [-0.05, 0) is 131 Å². The van der Waals surface area contributed by atoms with Crippen molar-refractivity contribution in [2.45, 2.75) is 27.6 Å². The lowest BCUT2D eigenvalue weighted by atomic mass is 9.80. The number of rotatable bonds is 11. The highest BCUT2D eigenvalue weighted by atomic mass is 127. The van der Waals surface area contributed by atoms with Gasteiger partial charge >= 0.3 is 19.1 Å². The zero-order valence-electron chi connectivity index (χ0n) is 30.9. The molecule has 0 spiro atoms. The Balaban J connectivity index is 0.000000178. The Kier molecular flexibility index (Phi) is 15.9. The first-order chi connectivity index (χ1) is 28.1. The molecule has 0 saturated heterocycles. The molecule has 2 aliphatic heterocycles. The summed E-state index contributed by atoms with van der Waals surface area (Å²) >= 11 is 2.24. The largest absolute Gasteiger partial charge is 0.488 e. The maximum absolute atomic E-state index is 11.6. The van der Waals surface area contributed by atoms with E-state index in [0.717, 1.165) is 31.9 Å². The molecule has 2 aromatic heterocycles. The molecule has 16 heteroatoms. The summed E-state index contributed by atoms with van der Waals surface area (Å²) in [5.41, 5.74) is 4.01. The average Bonchev–Trinajstić information content (AvgIpc) is 3.93. The fourth-order valence-corrected chi connectivity index (χ4v) is 5.66. The van der Waals surface area contributed by atoms with Crippen LogP contribution in [0, 0.1) is 3.57 Å². The molecule has 0 fully saturated rings. The molecule has 8 rings (SSSR count). The van der Waals surface area contributed by atoms with Crippen molar-refractivity contribution >= 4 is 47.1 Å². The van der Waals surface area contributed by atoms with E-state index in [0.29, 0.717) is 53.0 Å². The van der Waals surface area contributed by atoms with Gasteiger partial charge in [0.2, 0.25) is 13.6 Å². The monoisotopic (exact) mass is 914 g/mol.